The number of nitrogens with one attached hydrogen (secondary N) is 1. The van der Waals surface area contributed by atoms with Crippen molar-refractivity contribution >= 4 is 11.8 Å². The van der Waals surface area contributed by atoms with E-state index in [2.05, 4.69) is 30.3 Å². The molecule has 0 radical (unpaired) electrons. The van der Waals surface area contributed by atoms with Crippen molar-refractivity contribution in [3.05, 3.63) is 0 Å². The minimum absolute atomic E-state index is 0.670. The van der Waals surface area contributed by atoms with E-state index in [4.69, 9.17) is 0 Å². The predicted molar refractivity (Wildman–Crippen MR) is 66.1 cm³/mol. The van der Waals surface area contributed by atoms with Gasteiger partial charge in [0, 0.05) is 17.8 Å². The quantitative estimate of drug-likeness (QED) is 0.754. The van der Waals surface area contributed by atoms with Crippen LogP contribution in [0.2, 0.25) is 0 Å². The van der Waals surface area contributed by atoms with E-state index in [1.807, 2.05) is 11.8 Å². The molecule has 2 nitrogen and oxygen atoms in total. The Morgan fingerprint density at radius 3 is 2.57 bits per heavy atom. The van der Waals surface area contributed by atoms with Crippen molar-refractivity contribution < 1.29 is 0 Å². The van der Waals surface area contributed by atoms with Gasteiger partial charge in [0.05, 0.1) is 0 Å². The molecule has 3 heteroatoms. The number of piperidine rings is 1. The summed E-state index contributed by atoms with van der Waals surface area (Å²) < 4.78 is 0. The molecular weight excluding hydrogens is 192 g/mol. The highest BCUT2D eigenvalue weighted by Gasteiger charge is 2.18. The van der Waals surface area contributed by atoms with E-state index in [0.29, 0.717) is 6.04 Å². The molecule has 1 rings (SSSR count). The molecule has 14 heavy (non-hydrogen) atoms. The van der Waals surface area contributed by atoms with Gasteiger partial charge in [-0.3, -0.25) is 0 Å². The Kier molecular flexibility index (Phi) is 5.90. The third-order valence-corrected chi connectivity index (χ3v) is 3.81. The maximum absolute atomic E-state index is 3.72. The molecule has 1 atom stereocenters. The van der Waals surface area contributed by atoms with Crippen LogP contribution >= 0.6 is 11.8 Å². The largest absolute Gasteiger partial charge is 0.311 e. The van der Waals surface area contributed by atoms with Gasteiger partial charge in [0.15, 0.2) is 0 Å². The highest BCUT2D eigenvalue weighted by molar-refractivity contribution is 7.98. The molecule has 0 aliphatic carbocycles. The molecule has 1 heterocycles. The molecular formula is C11H24N2S. The van der Waals surface area contributed by atoms with Gasteiger partial charge in [0.2, 0.25) is 0 Å². The zero-order valence-corrected chi connectivity index (χ0v) is 10.6. The second-order valence-electron chi connectivity index (χ2n) is 4.23. The zero-order valence-electron chi connectivity index (χ0n) is 9.75. The van der Waals surface area contributed by atoms with Crippen LogP contribution in [0.5, 0.6) is 0 Å². The smallest absolute Gasteiger partial charge is 0.0132 e. The van der Waals surface area contributed by atoms with Crippen molar-refractivity contribution in [3.63, 3.8) is 0 Å². The van der Waals surface area contributed by atoms with Crippen LogP contribution < -0.4 is 5.32 Å². The van der Waals surface area contributed by atoms with Gasteiger partial charge in [0.25, 0.3) is 0 Å². The van der Waals surface area contributed by atoms with Crippen molar-refractivity contribution in [1.29, 1.82) is 0 Å². The maximum atomic E-state index is 3.72. The van der Waals surface area contributed by atoms with E-state index in [1.54, 1.807) is 0 Å². The highest BCUT2D eigenvalue weighted by atomic mass is 32.2. The molecule has 0 bridgehead atoms. The molecule has 0 saturated carbocycles. The first kappa shape index (κ1) is 12.3. The molecule has 0 aromatic rings. The minimum atomic E-state index is 0.670. The Morgan fingerprint density at radius 2 is 2.07 bits per heavy atom. The summed E-state index contributed by atoms with van der Waals surface area (Å²) in [5, 5.41) is 3.72. The average Bonchev–Trinajstić information content (AvgIpc) is 2.19. The lowest BCUT2D eigenvalue weighted by atomic mass is 10.0. The van der Waals surface area contributed by atoms with Crippen LogP contribution in [-0.4, -0.2) is 48.6 Å². The second kappa shape index (κ2) is 6.70. The second-order valence-corrected chi connectivity index (χ2v) is 5.14. The first-order valence-corrected chi connectivity index (χ1v) is 7.13. The average molecular weight is 216 g/mol. The summed E-state index contributed by atoms with van der Waals surface area (Å²) in [5.41, 5.74) is 0. The standard InChI is InChI=1S/C11H24N2S/c1-4-13-7-5-11(6-8-13)12-10(2)9-14-3/h10-12H,4-9H2,1-3H3. The van der Waals surface area contributed by atoms with Gasteiger partial charge < -0.3 is 10.2 Å². The molecule has 0 aromatic carbocycles. The van der Waals surface area contributed by atoms with Crippen LogP contribution in [0.4, 0.5) is 0 Å². The van der Waals surface area contributed by atoms with Crippen molar-refractivity contribution in [2.24, 2.45) is 0 Å². The Morgan fingerprint density at radius 1 is 1.43 bits per heavy atom. The fraction of sp³-hybridized carbons (Fsp3) is 1.00. The van der Waals surface area contributed by atoms with Crippen LogP contribution in [0.25, 0.3) is 0 Å². The number of likely N-dealkylation sites (tertiary alicyclic amines) is 1. The van der Waals surface area contributed by atoms with E-state index >= 15 is 0 Å². The number of hydrogen-bond acceptors (Lipinski definition) is 3. The van der Waals surface area contributed by atoms with Crippen molar-refractivity contribution in [2.75, 3.05) is 31.6 Å². The molecule has 1 aliphatic rings. The molecule has 1 saturated heterocycles. The topological polar surface area (TPSA) is 15.3 Å². The number of rotatable bonds is 5. The van der Waals surface area contributed by atoms with E-state index in [-0.39, 0.29) is 0 Å². The van der Waals surface area contributed by atoms with Crippen LogP contribution in [0.3, 0.4) is 0 Å². The summed E-state index contributed by atoms with van der Waals surface area (Å²) in [5.74, 6) is 1.23. The van der Waals surface area contributed by atoms with Crippen molar-refractivity contribution in [1.82, 2.24) is 10.2 Å². The Labute approximate surface area is 92.8 Å². The lowest BCUT2D eigenvalue weighted by molar-refractivity contribution is 0.202. The summed E-state index contributed by atoms with van der Waals surface area (Å²) in [6.07, 6.45) is 4.83. The van der Waals surface area contributed by atoms with Gasteiger partial charge in [-0.05, 0) is 45.7 Å². The van der Waals surface area contributed by atoms with Crippen molar-refractivity contribution in [3.8, 4) is 0 Å². The molecule has 84 valence electrons. The van der Waals surface area contributed by atoms with Gasteiger partial charge in [-0.15, -0.1) is 0 Å². The molecule has 1 aliphatic heterocycles. The third-order valence-electron chi connectivity index (χ3n) is 2.97. The first-order chi connectivity index (χ1) is 6.76. The molecule has 1 unspecified atom stereocenters. The maximum Gasteiger partial charge on any atom is 0.0132 e. The first-order valence-electron chi connectivity index (χ1n) is 5.73. The molecule has 1 fully saturated rings. The van der Waals surface area contributed by atoms with Crippen molar-refractivity contribution in [2.45, 2.75) is 38.8 Å². The third kappa shape index (κ3) is 4.20. The predicted octanol–water partition coefficient (Wildman–Crippen LogP) is 1.81. The van der Waals surface area contributed by atoms with Gasteiger partial charge in [-0.25, -0.2) is 0 Å². The SMILES string of the molecule is CCN1CCC(NC(C)CSC)CC1. The lowest BCUT2D eigenvalue weighted by Crippen LogP contribution is -2.45. The lowest BCUT2D eigenvalue weighted by Gasteiger charge is -2.33. The summed E-state index contributed by atoms with van der Waals surface area (Å²) in [6, 6.07) is 1.43. The number of thioether (sulfide) groups is 1. The summed E-state index contributed by atoms with van der Waals surface area (Å²) in [6.45, 7) is 8.32. The van der Waals surface area contributed by atoms with Gasteiger partial charge in [-0.2, -0.15) is 11.8 Å². The molecule has 0 spiro atoms. The Hall–Kier alpha value is 0.270. The van der Waals surface area contributed by atoms with E-state index in [0.717, 1.165) is 6.04 Å². The summed E-state index contributed by atoms with van der Waals surface area (Å²) >= 11 is 1.93. The minimum Gasteiger partial charge on any atom is -0.311 e. The monoisotopic (exact) mass is 216 g/mol. The van der Waals surface area contributed by atoms with E-state index in [1.165, 1.54) is 38.2 Å². The van der Waals surface area contributed by atoms with Crippen LogP contribution in [0, 0.1) is 0 Å². The summed E-state index contributed by atoms with van der Waals surface area (Å²) in [4.78, 5) is 2.54. The van der Waals surface area contributed by atoms with Crippen LogP contribution in [-0.2, 0) is 0 Å². The Bertz CT molecular complexity index is 144. The van der Waals surface area contributed by atoms with E-state index < -0.39 is 0 Å². The van der Waals surface area contributed by atoms with Gasteiger partial charge in [0.1, 0.15) is 0 Å². The van der Waals surface area contributed by atoms with Crippen LogP contribution in [0.1, 0.15) is 26.7 Å². The number of nitrogens with zero attached hydrogens (tertiary/aromatic N) is 1. The molecule has 1 N–H and O–H groups in total. The fourth-order valence-corrected chi connectivity index (χ4v) is 2.71. The fourth-order valence-electron chi connectivity index (χ4n) is 2.12. The summed E-state index contributed by atoms with van der Waals surface area (Å²) in [7, 11) is 0. The molecule has 0 aromatic heterocycles. The van der Waals surface area contributed by atoms with Crippen LogP contribution in [0.15, 0.2) is 0 Å². The molecule has 0 amide bonds. The number of hydrogen-bond donors (Lipinski definition) is 1. The Balaban J connectivity index is 2.15. The van der Waals surface area contributed by atoms with E-state index in [9.17, 15) is 0 Å². The normalized spacial score (nSPS) is 22.5. The van der Waals surface area contributed by atoms with Gasteiger partial charge >= 0.3 is 0 Å². The highest BCUT2D eigenvalue weighted by Crippen LogP contribution is 2.11. The zero-order chi connectivity index (χ0) is 10.4. The van der Waals surface area contributed by atoms with Gasteiger partial charge in [-0.1, -0.05) is 6.92 Å².